The predicted octanol–water partition coefficient (Wildman–Crippen LogP) is 10.1. The van der Waals surface area contributed by atoms with Crippen molar-refractivity contribution in [2.45, 2.75) is 139 Å². The molecule has 3 nitrogen and oxygen atoms in total. The molecule has 3 heteroatoms. The number of carbonyl (C=O) groups is 1. The molecule has 0 spiro atoms. The topological polar surface area (TPSA) is 46.5 Å². The summed E-state index contributed by atoms with van der Waals surface area (Å²) in [6.07, 6.45) is 16.6. The summed E-state index contributed by atoms with van der Waals surface area (Å²) in [6, 6.07) is 7.16. The number of rotatable bonds is 4. The highest BCUT2D eigenvalue weighted by molar-refractivity contribution is 5.70. The fourth-order valence-electron chi connectivity index (χ4n) is 11.8. The lowest BCUT2D eigenvalue weighted by atomic mass is 9.33. The summed E-state index contributed by atoms with van der Waals surface area (Å²) in [4.78, 5) is 13.1. The summed E-state index contributed by atoms with van der Waals surface area (Å²) < 4.78 is 6.30. The first-order valence-corrected chi connectivity index (χ1v) is 17.2. The van der Waals surface area contributed by atoms with E-state index in [1.807, 2.05) is 17.7 Å². The number of fused-ring (bicyclic) bond motifs is 7. The maximum Gasteiger partial charge on any atom is 0.306 e. The maximum absolute atomic E-state index is 13.1. The molecule has 5 aliphatic rings. The molecule has 1 aromatic carbocycles. The van der Waals surface area contributed by atoms with E-state index in [2.05, 4.69) is 61.5 Å². The van der Waals surface area contributed by atoms with Crippen LogP contribution in [0.1, 0.15) is 132 Å². The standard InChI is InChI=1S/C39H58O3/c1-34(2)21-22-36(5)23-24-38(7)28(29(36)25-34)14-15-31-37(6)19-18-32(35(3,4)30(37)17-20-39(31,38)8)42-33(41)16-11-26-9-12-27(40)13-10-26/h9-10,12-14,29-32,40H,11,15-25H2,1-8H3/t29-,30-,31+,32?,36+,37-,38+,39+/m0/s1. The second-order valence-electron chi connectivity index (χ2n) is 17.9. The number of hydrogen-bond donors (Lipinski definition) is 1. The van der Waals surface area contributed by atoms with Gasteiger partial charge in [-0.2, -0.15) is 0 Å². The van der Waals surface area contributed by atoms with Crippen LogP contribution in [0.25, 0.3) is 0 Å². The van der Waals surface area contributed by atoms with Gasteiger partial charge in [0.25, 0.3) is 0 Å². The summed E-state index contributed by atoms with van der Waals surface area (Å²) in [7, 11) is 0. The summed E-state index contributed by atoms with van der Waals surface area (Å²) in [5.41, 5.74) is 4.70. The van der Waals surface area contributed by atoms with Crippen molar-refractivity contribution >= 4 is 5.97 Å². The van der Waals surface area contributed by atoms with Crippen LogP contribution in [-0.4, -0.2) is 17.2 Å². The molecule has 1 unspecified atom stereocenters. The Morgan fingerprint density at radius 3 is 2.26 bits per heavy atom. The van der Waals surface area contributed by atoms with Crippen molar-refractivity contribution in [3.8, 4) is 5.75 Å². The average molecular weight is 575 g/mol. The van der Waals surface area contributed by atoms with Crippen LogP contribution in [0.4, 0.5) is 0 Å². The maximum atomic E-state index is 13.1. The number of hydrogen-bond acceptors (Lipinski definition) is 3. The quantitative estimate of drug-likeness (QED) is 0.287. The highest BCUT2D eigenvalue weighted by Gasteiger charge is 2.68. The van der Waals surface area contributed by atoms with E-state index in [0.717, 1.165) is 24.3 Å². The minimum absolute atomic E-state index is 0.0163. The van der Waals surface area contributed by atoms with Crippen LogP contribution >= 0.6 is 0 Å². The molecular weight excluding hydrogens is 516 g/mol. The second-order valence-corrected chi connectivity index (χ2v) is 17.9. The van der Waals surface area contributed by atoms with Crippen molar-refractivity contribution in [1.82, 2.24) is 0 Å². The Morgan fingerprint density at radius 1 is 0.857 bits per heavy atom. The zero-order valence-corrected chi connectivity index (χ0v) is 27.9. The van der Waals surface area contributed by atoms with Gasteiger partial charge in [0.2, 0.25) is 0 Å². The molecule has 42 heavy (non-hydrogen) atoms. The first-order valence-electron chi connectivity index (χ1n) is 17.2. The van der Waals surface area contributed by atoms with Gasteiger partial charge >= 0.3 is 5.97 Å². The fraction of sp³-hybridized carbons (Fsp3) is 0.769. The van der Waals surface area contributed by atoms with Gasteiger partial charge in [-0.1, -0.05) is 79.2 Å². The molecule has 0 aliphatic heterocycles. The third-order valence-electron chi connectivity index (χ3n) is 14.8. The lowest BCUT2D eigenvalue weighted by Gasteiger charge is -2.71. The van der Waals surface area contributed by atoms with E-state index in [9.17, 15) is 9.90 Å². The number of allylic oxidation sites excluding steroid dienone is 2. The van der Waals surface area contributed by atoms with E-state index in [1.165, 1.54) is 51.4 Å². The Balaban J connectivity index is 1.21. The molecule has 1 N–H and O–H groups in total. The van der Waals surface area contributed by atoms with Gasteiger partial charge in [-0.25, -0.2) is 0 Å². The van der Waals surface area contributed by atoms with E-state index in [-0.39, 0.29) is 28.7 Å². The molecule has 0 heterocycles. The van der Waals surface area contributed by atoms with Crippen LogP contribution in [0.5, 0.6) is 5.75 Å². The molecule has 4 saturated carbocycles. The zero-order chi connectivity index (χ0) is 30.3. The van der Waals surface area contributed by atoms with Crippen LogP contribution in [0, 0.1) is 50.2 Å². The van der Waals surface area contributed by atoms with Crippen molar-refractivity contribution in [3.63, 3.8) is 0 Å². The molecule has 6 rings (SSSR count). The number of aryl methyl sites for hydroxylation is 1. The van der Waals surface area contributed by atoms with Crippen molar-refractivity contribution in [1.29, 1.82) is 0 Å². The molecular formula is C39H58O3. The van der Waals surface area contributed by atoms with Crippen LogP contribution in [-0.2, 0) is 16.0 Å². The van der Waals surface area contributed by atoms with E-state index < -0.39 is 0 Å². The number of phenols is 1. The molecule has 0 amide bonds. The smallest absolute Gasteiger partial charge is 0.306 e. The number of aromatic hydroxyl groups is 1. The molecule has 5 aliphatic carbocycles. The average Bonchev–Trinajstić information content (AvgIpc) is 2.91. The first-order chi connectivity index (χ1) is 19.5. The third kappa shape index (κ3) is 4.52. The zero-order valence-electron chi connectivity index (χ0n) is 27.9. The van der Waals surface area contributed by atoms with Crippen molar-refractivity contribution in [2.75, 3.05) is 0 Å². The van der Waals surface area contributed by atoms with Gasteiger partial charge < -0.3 is 9.84 Å². The van der Waals surface area contributed by atoms with Crippen LogP contribution in [0.3, 0.4) is 0 Å². The number of phenolic OH excluding ortho intramolecular Hbond substituents is 1. The lowest BCUT2D eigenvalue weighted by molar-refractivity contribution is -0.212. The fourth-order valence-corrected chi connectivity index (χ4v) is 11.8. The molecule has 0 aromatic heterocycles. The normalized spacial score (nSPS) is 43.6. The van der Waals surface area contributed by atoms with E-state index >= 15 is 0 Å². The number of ether oxygens (including phenoxy) is 1. The number of carbonyl (C=O) groups excluding carboxylic acids is 1. The summed E-state index contributed by atoms with van der Waals surface area (Å²) in [5, 5.41) is 9.56. The largest absolute Gasteiger partial charge is 0.508 e. The second kappa shape index (κ2) is 9.87. The summed E-state index contributed by atoms with van der Waals surface area (Å²) in [6.45, 7) is 20.5. The highest BCUT2D eigenvalue weighted by Crippen LogP contribution is 2.75. The highest BCUT2D eigenvalue weighted by atomic mass is 16.5. The van der Waals surface area contributed by atoms with E-state index in [0.29, 0.717) is 46.3 Å². The molecule has 232 valence electrons. The molecule has 0 radical (unpaired) electrons. The van der Waals surface area contributed by atoms with E-state index in [4.69, 9.17) is 4.74 Å². The Labute approximate surface area is 256 Å². The van der Waals surface area contributed by atoms with Gasteiger partial charge in [0.1, 0.15) is 11.9 Å². The molecule has 1 aromatic rings. The van der Waals surface area contributed by atoms with Crippen LogP contribution in [0.15, 0.2) is 35.9 Å². The molecule has 4 fully saturated rings. The van der Waals surface area contributed by atoms with Crippen LogP contribution < -0.4 is 0 Å². The van der Waals surface area contributed by atoms with Gasteiger partial charge in [-0.3, -0.25) is 4.79 Å². The van der Waals surface area contributed by atoms with Crippen LogP contribution in [0.2, 0.25) is 0 Å². The molecule has 8 atom stereocenters. The monoisotopic (exact) mass is 574 g/mol. The number of esters is 1. The minimum Gasteiger partial charge on any atom is -0.508 e. The predicted molar refractivity (Wildman–Crippen MR) is 171 cm³/mol. The summed E-state index contributed by atoms with van der Waals surface area (Å²) >= 11 is 0. The third-order valence-corrected chi connectivity index (χ3v) is 14.8. The first kappa shape index (κ1) is 30.3. The summed E-state index contributed by atoms with van der Waals surface area (Å²) in [5.74, 6) is 2.17. The Morgan fingerprint density at radius 2 is 1.55 bits per heavy atom. The van der Waals surface area contributed by atoms with E-state index in [1.54, 1.807) is 12.1 Å². The lowest BCUT2D eigenvalue weighted by Crippen LogP contribution is -2.64. The Kier molecular flexibility index (Phi) is 7.11. The SMILES string of the molecule is CC1(C)CC[C@]2(C)CC[C@]3(C)C(=CC[C@@H]4[C@@]5(C)CCC(OC(=O)CCc6ccc(O)cc6)C(C)(C)[C@@H]5CC[C@]43C)[C@@H]2C1. The Hall–Kier alpha value is -1.77. The number of benzene rings is 1. The van der Waals surface area contributed by atoms with Gasteiger partial charge in [0.15, 0.2) is 0 Å². The van der Waals surface area contributed by atoms with Gasteiger partial charge in [0.05, 0.1) is 0 Å². The van der Waals surface area contributed by atoms with Crippen molar-refractivity contribution < 1.29 is 14.6 Å². The van der Waals surface area contributed by atoms with Gasteiger partial charge in [-0.15, -0.1) is 0 Å². The van der Waals surface area contributed by atoms with Crippen molar-refractivity contribution in [3.05, 3.63) is 41.5 Å². The molecule has 0 saturated heterocycles. The minimum atomic E-state index is -0.0798. The van der Waals surface area contributed by atoms with Gasteiger partial charge in [-0.05, 0) is 133 Å². The molecule has 0 bridgehead atoms. The van der Waals surface area contributed by atoms with Crippen molar-refractivity contribution in [2.24, 2.45) is 50.2 Å². The Bertz CT molecular complexity index is 1240. The van der Waals surface area contributed by atoms with Gasteiger partial charge in [0, 0.05) is 11.8 Å².